The summed E-state index contributed by atoms with van der Waals surface area (Å²) in [7, 11) is 0. The van der Waals surface area contributed by atoms with Gasteiger partial charge in [0, 0.05) is 5.56 Å². The Balaban J connectivity index is 2.12. The van der Waals surface area contributed by atoms with Gasteiger partial charge in [0.2, 0.25) is 0 Å². The highest BCUT2D eigenvalue weighted by Gasteiger charge is 2.19. The topological polar surface area (TPSA) is 17.8 Å². The van der Waals surface area contributed by atoms with Gasteiger partial charge in [0.25, 0.3) is 0 Å². The third-order valence-corrected chi connectivity index (χ3v) is 3.91. The highest BCUT2D eigenvalue weighted by molar-refractivity contribution is 9.10. The molecule has 1 aromatic carbocycles. The molecule has 1 aliphatic rings. The van der Waals surface area contributed by atoms with Crippen molar-refractivity contribution in [1.82, 2.24) is 9.78 Å². The first-order chi connectivity index (χ1) is 7.86. The molecule has 0 fully saturated rings. The molecule has 0 spiro atoms. The summed E-state index contributed by atoms with van der Waals surface area (Å²) >= 11 is 3.67. The molecule has 0 N–H and O–H groups in total. The van der Waals surface area contributed by atoms with E-state index < -0.39 is 0 Å². The first kappa shape index (κ1) is 10.1. The van der Waals surface area contributed by atoms with E-state index in [1.807, 2.05) is 22.9 Å². The summed E-state index contributed by atoms with van der Waals surface area (Å²) in [6.45, 7) is 0. The van der Waals surface area contributed by atoms with Crippen LogP contribution in [-0.4, -0.2) is 9.78 Å². The zero-order valence-electron chi connectivity index (χ0n) is 8.99. The maximum atomic E-state index is 4.69. The summed E-state index contributed by atoms with van der Waals surface area (Å²) in [5, 5.41) is 4.69. The smallest absolute Gasteiger partial charge is 0.113 e. The molecule has 2 nitrogen and oxygen atoms in total. The van der Waals surface area contributed by atoms with Crippen molar-refractivity contribution in [2.24, 2.45) is 0 Å². The standard InChI is InChI=1S/C13H13BrN2/c14-13-11-8-4-5-9-12(11)15-16(13)10-6-2-1-3-7-10/h1-3,6-7H,4-5,8-9H2. The molecule has 0 amide bonds. The molecule has 0 saturated carbocycles. The van der Waals surface area contributed by atoms with Crippen molar-refractivity contribution in [3.8, 4) is 5.69 Å². The monoisotopic (exact) mass is 276 g/mol. The number of rotatable bonds is 1. The van der Waals surface area contributed by atoms with Crippen LogP contribution in [0.3, 0.4) is 0 Å². The Kier molecular flexibility index (Phi) is 2.56. The summed E-state index contributed by atoms with van der Waals surface area (Å²) in [4.78, 5) is 0. The lowest BCUT2D eigenvalue weighted by atomic mass is 9.99. The number of aromatic nitrogens is 2. The van der Waals surface area contributed by atoms with Crippen molar-refractivity contribution >= 4 is 15.9 Å². The molecule has 1 heterocycles. The molecular weight excluding hydrogens is 264 g/mol. The first-order valence-corrected chi connectivity index (χ1v) is 6.47. The van der Waals surface area contributed by atoms with E-state index in [9.17, 15) is 0 Å². The number of para-hydroxylation sites is 1. The predicted octanol–water partition coefficient (Wildman–Crippen LogP) is 3.51. The zero-order chi connectivity index (χ0) is 11.0. The van der Waals surface area contributed by atoms with Gasteiger partial charge >= 0.3 is 0 Å². The van der Waals surface area contributed by atoms with Crippen molar-refractivity contribution in [3.05, 3.63) is 46.2 Å². The number of halogens is 1. The molecule has 0 unspecified atom stereocenters. The fourth-order valence-corrected chi connectivity index (χ4v) is 2.97. The van der Waals surface area contributed by atoms with Gasteiger partial charge in [0.05, 0.1) is 11.4 Å². The van der Waals surface area contributed by atoms with Crippen LogP contribution in [0.5, 0.6) is 0 Å². The van der Waals surface area contributed by atoms with Gasteiger partial charge in [0.1, 0.15) is 4.60 Å². The average Bonchev–Trinajstić information content (AvgIpc) is 2.69. The van der Waals surface area contributed by atoms with E-state index in [1.54, 1.807) is 0 Å². The van der Waals surface area contributed by atoms with Crippen molar-refractivity contribution in [2.75, 3.05) is 0 Å². The van der Waals surface area contributed by atoms with Crippen LogP contribution >= 0.6 is 15.9 Å². The van der Waals surface area contributed by atoms with E-state index in [4.69, 9.17) is 5.10 Å². The third kappa shape index (κ3) is 1.59. The maximum Gasteiger partial charge on any atom is 0.113 e. The number of hydrogen-bond donors (Lipinski definition) is 0. The van der Waals surface area contributed by atoms with E-state index in [0.717, 1.165) is 23.1 Å². The van der Waals surface area contributed by atoms with Gasteiger partial charge in [-0.15, -0.1) is 0 Å². The molecule has 16 heavy (non-hydrogen) atoms. The van der Waals surface area contributed by atoms with Crippen LogP contribution in [0.1, 0.15) is 24.1 Å². The molecule has 0 aliphatic heterocycles. The Bertz CT molecular complexity index is 502. The lowest BCUT2D eigenvalue weighted by Gasteiger charge is -2.08. The summed E-state index contributed by atoms with van der Waals surface area (Å²) in [5.41, 5.74) is 3.79. The van der Waals surface area contributed by atoms with Crippen LogP contribution in [-0.2, 0) is 12.8 Å². The van der Waals surface area contributed by atoms with Crippen LogP contribution in [0.25, 0.3) is 5.69 Å². The Hall–Kier alpha value is -1.09. The van der Waals surface area contributed by atoms with Crippen molar-refractivity contribution < 1.29 is 0 Å². The first-order valence-electron chi connectivity index (χ1n) is 5.68. The number of nitrogens with zero attached hydrogens (tertiary/aromatic N) is 2. The Morgan fingerprint density at radius 2 is 1.81 bits per heavy atom. The lowest BCUT2D eigenvalue weighted by Crippen LogP contribution is -2.00. The highest BCUT2D eigenvalue weighted by Crippen LogP contribution is 2.29. The van der Waals surface area contributed by atoms with Gasteiger partial charge in [-0.1, -0.05) is 18.2 Å². The predicted molar refractivity (Wildman–Crippen MR) is 67.9 cm³/mol. The SMILES string of the molecule is Brc1c2c(nn1-c1ccccc1)CCCC2. The quantitative estimate of drug-likeness (QED) is 0.780. The van der Waals surface area contributed by atoms with E-state index in [-0.39, 0.29) is 0 Å². The van der Waals surface area contributed by atoms with Gasteiger partial charge < -0.3 is 0 Å². The summed E-state index contributed by atoms with van der Waals surface area (Å²) in [6, 6.07) is 10.3. The largest absolute Gasteiger partial charge is 0.226 e. The van der Waals surface area contributed by atoms with Crippen LogP contribution in [0.15, 0.2) is 34.9 Å². The average molecular weight is 277 g/mol. The van der Waals surface area contributed by atoms with Crippen molar-refractivity contribution in [3.63, 3.8) is 0 Å². The summed E-state index contributed by atoms with van der Waals surface area (Å²) in [6.07, 6.45) is 4.83. The zero-order valence-corrected chi connectivity index (χ0v) is 10.6. The lowest BCUT2D eigenvalue weighted by molar-refractivity contribution is 0.671. The van der Waals surface area contributed by atoms with E-state index in [2.05, 4.69) is 28.1 Å². The molecule has 0 radical (unpaired) electrons. The van der Waals surface area contributed by atoms with Crippen molar-refractivity contribution in [1.29, 1.82) is 0 Å². The number of fused-ring (bicyclic) bond motifs is 1. The third-order valence-electron chi connectivity index (χ3n) is 3.10. The van der Waals surface area contributed by atoms with Crippen LogP contribution < -0.4 is 0 Å². The Morgan fingerprint density at radius 1 is 1.06 bits per heavy atom. The molecule has 82 valence electrons. The molecule has 0 bridgehead atoms. The van der Waals surface area contributed by atoms with Crippen molar-refractivity contribution in [2.45, 2.75) is 25.7 Å². The van der Waals surface area contributed by atoms with Crippen LogP contribution in [0, 0.1) is 0 Å². The van der Waals surface area contributed by atoms with E-state index >= 15 is 0 Å². The molecule has 2 aromatic rings. The van der Waals surface area contributed by atoms with Gasteiger partial charge in [-0.2, -0.15) is 5.10 Å². The molecule has 0 atom stereocenters. The number of aryl methyl sites for hydroxylation is 1. The van der Waals surface area contributed by atoms with E-state index in [0.29, 0.717) is 0 Å². The Labute approximate surface area is 103 Å². The fraction of sp³-hybridized carbons (Fsp3) is 0.308. The maximum absolute atomic E-state index is 4.69. The highest BCUT2D eigenvalue weighted by atomic mass is 79.9. The van der Waals surface area contributed by atoms with Gasteiger partial charge in [0.15, 0.2) is 0 Å². The molecule has 1 aliphatic carbocycles. The minimum Gasteiger partial charge on any atom is -0.226 e. The van der Waals surface area contributed by atoms with Gasteiger partial charge in [-0.3, -0.25) is 0 Å². The molecular formula is C13H13BrN2. The van der Waals surface area contributed by atoms with Gasteiger partial charge in [-0.25, -0.2) is 4.68 Å². The second-order valence-corrected chi connectivity index (χ2v) is 4.92. The molecule has 0 saturated heterocycles. The Morgan fingerprint density at radius 3 is 2.56 bits per heavy atom. The normalized spacial score (nSPS) is 14.8. The van der Waals surface area contributed by atoms with E-state index in [1.165, 1.54) is 24.1 Å². The van der Waals surface area contributed by atoms with Gasteiger partial charge in [-0.05, 0) is 53.7 Å². The molecule has 3 heteroatoms. The summed E-state index contributed by atoms with van der Waals surface area (Å²) < 4.78 is 3.14. The number of benzene rings is 1. The minimum absolute atomic E-state index is 1.12. The van der Waals surface area contributed by atoms with Crippen LogP contribution in [0.4, 0.5) is 0 Å². The minimum atomic E-state index is 1.12. The molecule has 1 aromatic heterocycles. The number of hydrogen-bond acceptors (Lipinski definition) is 1. The second-order valence-electron chi connectivity index (χ2n) is 4.17. The fourth-order valence-electron chi connectivity index (χ4n) is 2.25. The summed E-state index contributed by atoms with van der Waals surface area (Å²) in [5.74, 6) is 0. The van der Waals surface area contributed by atoms with Crippen LogP contribution in [0.2, 0.25) is 0 Å². The second kappa shape index (κ2) is 4.06. The molecule has 3 rings (SSSR count).